The quantitative estimate of drug-likeness (QED) is 0.295. The summed E-state index contributed by atoms with van der Waals surface area (Å²) in [5.74, 6) is 2.76. The van der Waals surface area contributed by atoms with Crippen LogP contribution < -0.4 is 0 Å². The van der Waals surface area contributed by atoms with Gasteiger partial charge >= 0.3 is 0 Å². The lowest BCUT2D eigenvalue weighted by Gasteiger charge is -2.52. The van der Waals surface area contributed by atoms with E-state index in [1.54, 1.807) is 0 Å². The number of ether oxygens (including phenoxy) is 1. The van der Waals surface area contributed by atoms with Crippen molar-refractivity contribution < 1.29 is 18.4 Å². The molecule has 9 rings (SSSR count). The first-order valence-electron chi connectivity index (χ1n) is 25.5. The number of fused-ring (bicyclic) bond motifs is 7. The van der Waals surface area contributed by atoms with E-state index in [2.05, 4.69) is 16.7 Å². The first-order valence-corrected chi connectivity index (χ1v) is 20.7. The van der Waals surface area contributed by atoms with E-state index in [0.29, 0.717) is 46.8 Å². The molecular formula is C42H69NOS. The summed E-state index contributed by atoms with van der Waals surface area (Å²) in [6.07, 6.45) is 11.9. The minimum absolute atomic E-state index is 0.170. The van der Waals surface area contributed by atoms with Crippen LogP contribution in [0, 0.1) is 47.3 Å². The van der Waals surface area contributed by atoms with Gasteiger partial charge in [-0.1, -0.05) is 83.2 Å². The number of hydrogen-bond donors (Lipinski definition) is 0. The Bertz CT molecular complexity index is 1230. The molecule has 9 aliphatic rings. The molecule has 2 saturated heterocycles. The van der Waals surface area contributed by atoms with Gasteiger partial charge in [0.1, 0.15) is 0 Å². The third-order valence-electron chi connectivity index (χ3n) is 14.9. The molecule has 7 aliphatic carbocycles. The summed E-state index contributed by atoms with van der Waals surface area (Å²) in [5.41, 5.74) is 0. The predicted molar refractivity (Wildman–Crippen MR) is 190 cm³/mol. The SMILES string of the molecule is [2H]C1C([2H])C([2H])C(C2CCC(N(C3CCC(C4C([2H])C([2H])C([2H])C([2H])C4[2H])CC3)C3CCCC4C5CCC6OC7CCCCC7C6C5SC43)CC2)C([2H])C1[2H]. The van der Waals surface area contributed by atoms with Crippen molar-refractivity contribution >= 4 is 11.8 Å². The molecule has 2 nitrogen and oxygen atoms in total. The maximum Gasteiger partial charge on any atom is 0.0621 e. The van der Waals surface area contributed by atoms with Gasteiger partial charge in [-0.25, -0.2) is 0 Å². The molecule has 9 fully saturated rings. The van der Waals surface area contributed by atoms with Crippen LogP contribution in [0.1, 0.15) is 187 Å². The standard InChI is InChI=1S/C42H69NOS/c1-3-10-28(11-4-1)30-18-22-32(23-19-30)43(33-24-20-31(21-25-33)29-12-5-2-6-13-29)37-16-9-15-34-35-26-27-39-40(42(35)45-41(34)37)36-14-7-8-17-38(36)44-39/h28-42H,1-27H2/i1D,2D,3D,4D,5D,6D,10D,11D,12D,13D. The van der Waals surface area contributed by atoms with Gasteiger partial charge < -0.3 is 4.74 Å². The second-order valence-electron chi connectivity index (χ2n) is 16.9. The molecule has 0 bridgehead atoms. The molecule has 0 radical (unpaired) electrons. The zero-order chi connectivity index (χ0) is 38.4. The highest BCUT2D eigenvalue weighted by Crippen LogP contribution is 2.62. The minimum Gasteiger partial charge on any atom is -0.374 e. The van der Waals surface area contributed by atoms with Crippen molar-refractivity contribution in [2.24, 2.45) is 47.3 Å². The zero-order valence-electron chi connectivity index (χ0n) is 37.7. The molecule has 17 atom stereocenters. The average Bonchev–Trinajstić information content (AvgIpc) is 3.78. The van der Waals surface area contributed by atoms with E-state index in [1.165, 1.54) is 57.8 Å². The van der Waals surface area contributed by atoms with Crippen LogP contribution in [-0.2, 0) is 4.74 Å². The predicted octanol–water partition coefficient (Wildman–Crippen LogP) is 11.2. The van der Waals surface area contributed by atoms with Crippen molar-refractivity contribution in [3.05, 3.63) is 0 Å². The van der Waals surface area contributed by atoms with Crippen LogP contribution >= 0.6 is 11.8 Å². The Hall–Kier alpha value is 0.270. The minimum atomic E-state index is -0.971. The fourth-order valence-electron chi connectivity index (χ4n) is 12.9. The molecule has 254 valence electrons. The van der Waals surface area contributed by atoms with E-state index in [-0.39, 0.29) is 23.7 Å². The van der Waals surface area contributed by atoms with Gasteiger partial charge in [-0.05, 0) is 131 Å². The van der Waals surface area contributed by atoms with Gasteiger partial charge in [0.2, 0.25) is 0 Å². The Labute approximate surface area is 296 Å². The van der Waals surface area contributed by atoms with Gasteiger partial charge in [0.25, 0.3) is 0 Å². The van der Waals surface area contributed by atoms with Crippen LogP contribution in [0.25, 0.3) is 0 Å². The van der Waals surface area contributed by atoms with Gasteiger partial charge in [0, 0.05) is 48.3 Å². The van der Waals surface area contributed by atoms with Crippen molar-refractivity contribution in [1.82, 2.24) is 4.90 Å². The highest BCUT2D eigenvalue weighted by Gasteiger charge is 2.60. The fourth-order valence-corrected chi connectivity index (χ4v) is 15.3. The summed E-state index contributed by atoms with van der Waals surface area (Å²) in [4.78, 5) is 3.02. The van der Waals surface area contributed by atoms with Crippen molar-refractivity contribution in [3.8, 4) is 0 Å². The van der Waals surface area contributed by atoms with Crippen LogP contribution in [0.5, 0.6) is 0 Å². The van der Waals surface area contributed by atoms with Gasteiger partial charge in [-0.2, -0.15) is 11.8 Å². The molecule has 7 saturated carbocycles. The van der Waals surface area contributed by atoms with Gasteiger partial charge in [-0.3, -0.25) is 4.90 Å². The van der Waals surface area contributed by atoms with Crippen LogP contribution in [0.2, 0.25) is 0 Å². The van der Waals surface area contributed by atoms with Crippen LogP contribution in [0.4, 0.5) is 0 Å². The normalized spacial score (nSPS) is 71.6. The second kappa shape index (κ2) is 13.9. The van der Waals surface area contributed by atoms with Crippen LogP contribution in [0.3, 0.4) is 0 Å². The van der Waals surface area contributed by atoms with E-state index < -0.39 is 64.0 Å². The van der Waals surface area contributed by atoms with Crippen molar-refractivity contribution in [2.75, 3.05) is 0 Å². The molecule has 17 unspecified atom stereocenters. The van der Waals surface area contributed by atoms with Gasteiger partial charge in [-0.15, -0.1) is 0 Å². The van der Waals surface area contributed by atoms with E-state index in [9.17, 15) is 0 Å². The van der Waals surface area contributed by atoms with E-state index in [0.717, 1.165) is 69.1 Å². The molecule has 0 amide bonds. The molecule has 2 aliphatic heterocycles. The molecule has 3 heteroatoms. The van der Waals surface area contributed by atoms with E-state index in [1.807, 2.05) is 0 Å². The Balaban J connectivity index is 0.955. The van der Waals surface area contributed by atoms with Crippen LogP contribution in [0.15, 0.2) is 0 Å². The summed E-state index contributed by atoms with van der Waals surface area (Å²) in [5, 5.41) is 1.35. The Morgan fingerprint density at radius 1 is 0.467 bits per heavy atom. The Morgan fingerprint density at radius 2 is 1.04 bits per heavy atom. The fraction of sp³-hybridized carbons (Fsp3) is 1.00. The largest absolute Gasteiger partial charge is 0.374 e. The second-order valence-corrected chi connectivity index (χ2v) is 18.2. The number of rotatable bonds is 5. The third kappa shape index (κ3) is 6.06. The number of nitrogens with zero attached hydrogens (tertiary/aromatic N) is 1. The first kappa shape index (κ1) is 22.2. The summed E-state index contributed by atoms with van der Waals surface area (Å²) >= 11 is 2.38. The molecule has 2 heterocycles. The summed E-state index contributed by atoms with van der Waals surface area (Å²) in [6, 6.07) is 1.37. The average molecular weight is 646 g/mol. The van der Waals surface area contributed by atoms with Gasteiger partial charge in [0.15, 0.2) is 0 Å². The smallest absolute Gasteiger partial charge is 0.0621 e. The van der Waals surface area contributed by atoms with Crippen molar-refractivity contribution in [1.29, 1.82) is 0 Å². The maximum atomic E-state index is 8.92. The van der Waals surface area contributed by atoms with Crippen molar-refractivity contribution in [3.63, 3.8) is 0 Å². The Kier molecular flexibility index (Phi) is 6.84. The number of hydrogen-bond acceptors (Lipinski definition) is 3. The third-order valence-corrected chi connectivity index (χ3v) is 16.8. The molecule has 45 heavy (non-hydrogen) atoms. The summed E-state index contributed by atoms with van der Waals surface area (Å²) in [7, 11) is 0. The molecule has 0 N–H and O–H groups in total. The van der Waals surface area contributed by atoms with Crippen molar-refractivity contribution in [2.45, 2.75) is 214 Å². The first-order chi connectivity index (χ1) is 26.5. The van der Waals surface area contributed by atoms with E-state index >= 15 is 0 Å². The lowest BCUT2D eigenvalue weighted by molar-refractivity contribution is -0.0165. The topological polar surface area (TPSA) is 12.5 Å². The molecule has 0 spiro atoms. The lowest BCUT2D eigenvalue weighted by atomic mass is 9.64. The number of thioether (sulfide) groups is 1. The molecular weight excluding hydrogens is 567 g/mol. The van der Waals surface area contributed by atoms with Crippen LogP contribution in [-0.4, -0.2) is 45.7 Å². The summed E-state index contributed by atoms with van der Waals surface area (Å²) < 4.78 is 93.4. The molecule has 0 aromatic heterocycles. The summed E-state index contributed by atoms with van der Waals surface area (Å²) in [6.45, 7) is 0. The Morgan fingerprint density at radius 3 is 1.69 bits per heavy atom. The molecule has 0 aromatic rings. The molecule has 0 aromatic carbocycles. The highest BCUT2D eigenvalue weighted by atomic mass is 32.2. The highest BCUT2D eigenvalue weighted by molar-refractivity contribution is 8.00. The zero-order valence-corrected chi connectivity index (χ0v) is 28.5. The maximum absolute atomic E-state index is 8.92. The van der Waals surface area contributed by atoms with Gasteiger partial charge in [0.05, 0.1) is 12.2 Å². The monoisotopic (exact) mass is 646 g/mol. The lowest BCUT2D eigenvalue weighted by Crippen LogP contribution is -2.57. The van der Waals surface area contributed by atoms with E-state index in [4.69, 9.17) is 18.4 Å².